The van der Waals surface area contributed by atoms with Gasteiger partial charge in [0.1, 0.15) is 29.4 Å². The van der Waals surface area contributed by atoms with Crippen molar-refractivity contribution in [2.75, 3.05) is 45.3 Å². The summed E-state index contributed by atoms with van der Waals surface area (Å²) in [4.78, 5) is 33.0. The topological polar surface area (TPSA) is 122 Å². The van der Waals surface area contributed by atoms with E-state index in [0.717, 1.165) is 86.0 Å². The van der Waals surface area contributed by atoms with Crippen molar-refractivity contribution in [1.82, 2.24) is 15.2 Å². The Morgan fingerprint density at radius 1 is 0.953 bits per heavy atom. The zero-order valence-electron chi connectivity index (χ0n) is 38.0. The van der Waals surface area contributed by atoms with E-state index in [0.29, 0.717) is 68.9 Å². The average molecular weight is 892 g/mol. The molecule has 1 heterocycles. The number of carbonyl (C=O) groups excluding carboxylic acids is 1. The van der Waals surface area contributed by atoms with Gasteiger partial charge >= 0.3 is 5.97 Å². The molecule has 1 unspecified atom stereocenters. The van der Waals surface area contributed by atoms with Crippen LogP contribution in [0, 0.1) is 11.8 Å². The van der Waals surface area contributed by atoms with E-state index in [9.17, 15) is 14.7 Å². The van der Waals surface area contributed by atoms with Gasteiger partial charge in [-0.2, -0.15) is 0 Å². The molecule has 4 aliphatic carbocycles. The maximum Gasteiger partial charge on any atom is 0.329 e. The third-order valence-electron chi connectivity index (χ3n) is 14.6. The van der Waals surface area contributed by atoms with E-state index < -0.39 is 11.5 Å². The molecule has 342 valence electrons. The number of nitrogens with one attached hydrogen (secondary N) is 2. The first-order chi connectivity index (χ1) is 31.0. The van der Waals surface area contributed by atoms with Gasteiger partial charge in [-0.05, 0) is 179 Å². The summed E-state index contributed by atoms with van der Waals surface area (Å²) in [5.74, 6) is 2.85. The maximum absolute atomic E-state index is 13.1. The summed E-state index contributed by atoms with van der Waals surface area (Å²) in [6, 6.07) is 24.7. The summed E-state index contributed by atoms with van der Waals surface area (Å²) in [5.41, 5.74) is 5.58. The summed E-state index contributed by atoms with van der Waals surface area (Å²) < 4.78 is 19.0. The second kappa shape index (κ2) is 20.6. The number of benzene rings is 3. The summed E-state index contributed by atoms with van der Waals surface area (Å²) in [6.45, 7) is 7.76. The van der Waals surface area contributed by atoms with Crippen molar-refractivity contribution >= 4 is 29.2 Å². The number of rotatable bonds is 21. The Morgan fingerprint density at radius 3 is 2.55 bits per heavy atom. The number of anilines is 1. The molecule has 0 aliphatic heterocycles. The van der Waals surface area contributed by atoms with Gasteiger partial charge in [0.2, 0.25) is 5.91 Å². The summed E-state index contributed by atoms with van der Waals surface area (Å²) >= 11 is 6.33. The van der Waals surface area contributed by atoms with Gasteiger partial charge in [-0.3, -0.25) is 9.78 Å². The molecule has 1 spiro atoms. The van der Waals surface area contributed by atoms with E-state index in [-0.39, 0.29) is 17.2 Å². The third kappa shape index (κ3) is 11.0. The van der Waals surface area contributed by atoms with Crippen LogP contribution in [-0.2, 0) is 34.3 Å². The number of likely N-dealkylation sites (N-methyl/N-ethyl adjacent to an activating group) is 1. The van der Waals surface area contributed by atoms with E-state index in [1.807, 2.05) is 36.5 Å². The number of carboxylic acids is 1. The summed E-state index contributed by atoms with van der Waals surface area (Å²) in [5, 5.41) is 17.8. The normalized spacial score (nSPS) is 23.0. The number of hydrogen-bond acceptors (Lipinski definition) is 8. The van der Waals surface area contributed by atoms with Crippen molar-refractivity contribution in [3.8, 4) is 17.2 Å². The zero-order chi connectivity index (χ0) is 44.7. The fraction of sp³-hybridized carbons (Fsp3) is 0.528. The van der Waals surface area contributed by atoms with E-state index in [1.165, 1.54) is 41.6 Å². The number of nitrogens with zero attached hydrogens (tertiary/aromatic N) is 2. The van der Waals surface area contributed by atoms with E-state index in [4.69, 9.17) is 25.8 Å². The Bertz CT molecular complexity index is 2240. The number of carboxylic acid groups (broad SMARTS) is 1. The van der Waals surface area contributed by atoms with Gasteiger partial charge in [-0.15, -0.1) is 0 Å². The lowest BCUT2D eigenvalue weighted by molar-refractivity contribution is -0.144. The SMILES string of the molecule is C[C@@H](COc1ccnc2c1[C@H](C)CCC2)CC1Cc2ccc(OCCCC(=O)NCCc3cccc(OCCN(C)C4CC4)c3)cc2C12CCC(Nc1cccc(Cl)c1)(C(=O)O)CC2. The van der Waals surface area contributed by atoms with Crippen LogP contribution in [0.1, 0.15) is 118 Å². The molecule has 1 aromatic heterocycles. The number of ether oxygens (including phenoxy) is 3. The smallest absolute Gasteiger partial charge is 0.329 e. The Hall–Kier alpha value is -4.80. The number of aromatic nitrogens is 1. The molecule has 11 heteroatoms. The Morgan fingerprint density at radius 2 is 1.75 bits per heavy atom. The lowest BCUT2D eigenvalue weighted by Gasteiger charge is -2.47. The van der Waals surface area contributed by atoms with Gasteiger partial charge in [0.25, 0.3) is 0 Å². The van der Waals surface area contributed by atoms with Crippen molar-refractivity contribution in [3.05, 3.63) is 112 Å². The molecule has 3 N–H and O–H groups in total. The number of aryl methyl sites for hydroxylation is 1. The fourth-order valence-electron chi connectivity index (χ4n) is 10.8. The third-order valence-corrected chi connectivity index (χ3v) is 14.8. The van der Waals surface area contributed by atoms with Crippen LogP contribution in [0.15, 0.2) is 79.0 Å². The van der Waals surface area contributed by atoms with E-state index in [2.05, 4.69) is 71.7 Å². The zero-order valence-corrected chi connectivity index (χ0v) is 38.8. The fourth-order valence-corrected chi connectivity index (χ4v) is 11.0. The number of amides is 1. The van der Waals surface area contributed by atoms with Crippen LogP contribution in [0.3, 0.4) is 0 Å². The Labute approximate surface area is 384 Å². The molecular weight excluding hydrogens is 824 g/mol. The number of aliphatic carboxylic acids is 1. The first-order valence-electron chi connectivity index (χ1n) is 23.8. The Balaban J connectivity index is 0.878. The monoisotopic (exact) mass is 890 g/mol. The van der Waals surface area contributed by atoms with Crippen LogP contribution in [0.25, 0.3) is 0 Å². The van der Waals surface area contributed by atoms with Crippen LogP contribution >= 0.6 is 11.6 Å². The molecule has 8 rings (SSSR count). The highest BCUT2D eigenvalue weighted by atomic mass is 35.5. The molecule has 0 bridgehead atoms. The minimum atomic E-state index is -1.10. The van der Waals surface area contributed by atoms with Gasteiger partial charge in [0.05, 0.1) is 13.2 Å². The predicted octanol–water partition coefficient (Wildman–Crippen LogP) is 10.2. The summed E-state index contributed by atoms with van der Waals surface area (Å²) in [7, 11) is 2.16. The van der Waals surface area contributed by atoms with Gasteiger partial charge in [-0.1, -0.05) is 49.7 Å². The largest absolute Gasteiger partial charge is 0.494 e. The standard InChI is InChI=1S/C53H67ClN4O6/c1-36(35-64-48-20-26-55-47-13-4-8-37(2)50(47)48)30-40-32-39-15-18-45(34-46(39)52(40)21-23-53(24-22-52,51(60)61)57-42-11-6-10-41(54)33-42)62-28-7-14-49(59)56-25-19-38-9-5-12-44(31-38)63-29-27-58(3)43-16-17-43/h5-6,9-12,15,18,20,26,31,33-34,36-37,40,43,57H,4,7-8,13-14,16-17,19,21-25,27-30,32,35H2,1-3H3,(H,56,59)(H,60,61)/t36-,37-,40?,52?,53?/m1/s1. The molecule has 64 heavy (non-hydrogen) atoms. The first-order valence-corrected chi connectivity index (χ1v) is 24.2. The molecule has 1 amide bonds. The highest BCUT2D eigenvalue weighted by molar-refractivity contribution is 6.30. The molecule has 0 saturated heterocycles. The number of halogens is 1. The quantitative estimate of drug-likeness (QED) is 0.0702. The number of pyridine rings is 1. The van der Waals surface area contributed by atoms with Crippen molar-refractivity contribution in [2.45, 2.75) is 127 Å². The summed E-state index contributed by atoms with van der Waals surface area (Å²) in [6.07, 6.45) is 13.8. The molecule has 10 nitrogen and oxygen atoms in total. The molecular formula is C53H67ClN4O6. The van der Waals surface area contributed by atoms with Gasteiger partial charge in [0, 0.05) is 53.7 Å². The minimum Gasteiger partial charge on any atom is -0.494 e. The molecule has 3 aromatic carbocycles. The number of hydrogen-bond donors (Lipinski definition) is 3. The van der Waals surface area contributed by atoms with Gasteiger partial charge in [-0.25, -0.2) is 4.79 Å². The van der Waals surface area contributed by atoms with E-state index >= 15 is 0 Å². The second-order valence-corrected chi connectivity index (χ2v) is 19.7. The molecule has 4 aliphatic rings. The highest BCUT2D eigenvalue weighted by Gasteiger charge is 2.54. The lowest BCUT2D eigenvalue weighted by Crippen LogP contribution is -2.53. The van der Waals surface area contributed by atoms with Crippen LogP contribution in [-0.4, -0.2) is 78.4 Å². The van der Waals surface area contributed by atoms with Crippen molar-refractivity contribution < 1.29 is 28.9 Å². The second-order valence-electron chi connectivity index (χ2n) is 19.3. The van der Waals surface area contributed by atoms with Crippen molar-refractivity contribution in [2.24, 2.45) is 11.8 Å². The van der Waals surface area contributed by atoms with Crippen molar-refractivity contribution in [1.29, 1.82) is 0 Å². The molecule has 0 radical (unpaired) electrons. The number of carbonyl (C=O) groups is 2. The van der Waals surface area contributed by atoms with Crippen LogP contribution in [0.5, 0.6) is 17.2 Å². The van der Waals surface area contributed by atoms with Crippen LogP contribution in [0.4, 0.5) is 5.69 Å². The molecule has 4 aromatic rings. The highest BCUT2D eigenvalue weighted by Crippen LogP contribution is 2.57. The first kappa shape index (κ1) is 45.8. The van der Waals surface area contributed by atoms with E-state index in [1.54, 1.807) is 12.1 Å². The van der Waals surface area contributed by atoms with Gasteiger partial charge in [0.15, 0.2) is 0 Å². The maximum atomic E-state index is 13.1. The molecule has 3 atom stereocenters. The minimum absolute atomic E-state index is 0.0156. The molecule has 2 fully saturated rings. The predicted molar refractivity (Wildman–Crippen MR) is 253 cm³/mol. The van der Waals surface area contributed by atoms with Crippen molar-refractivity contribution in [3.63, 3.8) is 0 Å². The lowest BCUT2D eigenvalue weighted by atomic mass is 9.59. The van der Waals surface area contributed by atoms with Gasteiger partial charge < -0.3 is 34.9 Å². The van der Waals surface area contributed by atoms with Crippen LogP contribution < -0.4 is 24.8 Å². The molecule has 2 saturated carbocycles. The average Bonchev–Trinajstić information content (AvgIpc) is 4.10. The Kier molecular flexibility index (Phi) is 14.7. The van der Waals surface area contributed by atoms with Crippen LogP contribution in [0.2, 0.25) is 5.02 Å². The number of fused-ring (bicyclic) bond motifs is 3.